The Hall–Kier alpha value is -3.67. The number of fused-ring (bicyclic) bond motifs is 1. The Kier molecular flexibility index (Phi) is 5.35. The molecule has 1 aliphatic heterocycles. The number of imidazole rings is 1. The Labute approximate surface area is 186 Å². The van der Waals surface area contributed by atoms with Gasteiger partial charge in [0.05, 0.1) is 11.0 Å². The van der Waals surface area contributed by atoms with Crippen LogP contribution < -0.4 is 4.90 Å². The number of hydrogen-bond donors (Lipinski definition) is 0. The van der Waals surface area contributed by atoms with Crippen LogP contribution >= 0.6 is 0 Å². The molecule has 0 unspecified atom stereocenters. The van der Waals surface area contributed by atoms with Crippen molar-refractivity contribution in [3.63, 3.8) is 0 Å². The van der Waals surface area contributed by atoms with E-state index in [1.807, 2.05) is 83.5 Å². The topological polar surface area (TPSA) is 41.4 Å². The number of halogens is 1. The number of hydrogen-bond acceptors (Lipinski definition) is 3. The van der Waals surface area contributed by atoms with Gasteiger partial charge in [-0.15, -0.1) is 0 Å². The van der Waals surface area contributed by atoms with Gasteiger partial charge in [-0.25, -0.2) is 9.37 Å². The van der Waals surface area contributed by atoms with Crippen LogP contribution in [-0.2, 0) is 0 Å². The highest BCUT2D eigenvalue weighted by Crippen LogP contribution is 2.24. The number of aromatic nitrogens is 2. The first-order chi connectivity index (χ1) is 15.6. The molecule has 32 heavy (non-hydrogen) atoms. The van der Waals surface area contributed by atoms with Crippen molar-refractivity contribution < 1.29 is 9.18 Å². The molecule has 0 spiro atoms. The molecule has 4 aromatic rings. The fourth-order valence-electron chi connectivity index (χ4n) is 4.46. The first kappa shape index (κ1) is 20.2. The highest BCUT2D eigenvalue weighted by Gasteiger charge is 2.26. The molecular weight excluding hydrogens is 403 g/mol. The van der Waals surface area contributed by atoms with Crippen molar-refractivity contribution in [3.05, 3.63) is 90.5 Å². The molecule has 0 radical (unpaired) electrons. The predicted molar refractivity (Wildman–Crippen MR) is 125 cm³/mol. The Bertz CT molecular complexity index is 1220. The summed E-state index contributed by atoms with van der Waals surface area (Å²) < 4.78 is 15.2. The van der Waals surface area contributed by atoms with Crippen molar-refractivity contribution in [2.24, 2.45) is 0 Å². The molecule has 1 aromatic heterocycles. The minimum atomic E-state index is -0.221. The van der Waals surface area contributed by atoms with E-state index < -0.39 is 0 Å². The molecule has 3 aromatic carbocycles. The number of amides is 1. The normalized spacial score (nSPS) is 14.6. The number of benzene rings is 3. The summed E-state index contributed by atoms with van der Waals surface area (Å²) in [5, 5.41) is 0. The molecule has 5 rings (SSSR count). The SMILES string of the molecule is CN(C(=O)c1ccc(-n2cnc3ccccc32)cc1)C1CCN(c2ccc(F)cc2)CC1. The lowest BCUT2D eigenvalue weighted by molar-refractivity contribution is 0.0709. The quantitative estimate of drug-likeness (QED) is 0.464. The third kappa shape index (κ3) is 3.84. The molecular formula is C26H25FN4O. The zero-order valence-corrected chi connectivity index (χ0v) is 18.0. The summed E-state index contributed by atoms with van der Waals surface area (Å²) in [7, 11) is 1.89. The predicted octanol–water partition coefficient (Wildman–Crippen LogP) is 4.91. The van der Waals surface area contributed by atoms with Gasteiger partial charge in [-0.05, 0) is 73.5 Å². The summed E-state index contributed by atoms with van der Waals surface area (Å²) in [6, 6.07) is 22.5. The van der Waals surface area contributed by atoms with Crippen LogP contribution in [0.15, 0.2) is 79.1 Å². The van der Waals surface area contributed by atoms with Crippen LogP contribution in [-0.4, -0.2) is 46.5 Å². The second kappa shape index (κ2) is 8.46. The van der Waals surface area contributed by atoms with Crippen molar-refractivity contribution >= 4 is 22.6 Å². The Morgan fingerprint density at radius 3 is 2.31 bits per heavy atom. The van der Waals surface area contributed by atoms with E-state index in [9.17, 15) is 9.18 Å². The zero-order chi connectivity index (χ0) is 22.1. The van der Waals surface area contributed by atoms with Gasteiger partial charge >= 0.3 is 0 Å². The molecule has 0 atom stereocenters. The summed E-state index contributed by atoms with van der Waals surface area (Å²) in [5.41, 5.74) is 4.67. The molecule has 0 bridgehead atoms. The van der Waals surface area contributed by atoms with E-state index in [0.29, 0.717) is 5.56 Å². The van der Waals surface area contributed by atoms with Gasteiger partial charge in [0.25, 0.3) is 5.91 Å². The fraction of sp³-hybridized carbons (Fsp3) is 0.231. The number of para-hydroxylation sites is 2. The molecule has 0 N–H and O–H groups in total. The Morgan fingerprint density at radius 2 is 1.59 bits per heavy atom. The number of nitrogens with zero attached hydrogens (tertiary/aromatic N) is 4. The van der Waals surface area contributed by atoms with E-state index in [1.165, 1.54) is 12.1 Å². The van der Waals surface area contributed by atoms with E-state index in [-0.39, 0.29) is 17.8 Å². The van der Waals surface area contributed by atoms with Crippen LogP contribution in [0.25, 0.3) is 16.7 Å². The van der Waals surface area contributed by atoms with Crippen LogP contribution in [0, 0.1) is 5.82 Å². The molecule has 1 aliphatic rings. The van der Waals surface area contributed by atoms with E-state index in [1.54, 1.807) is 0 Å². The smallest absolute Gasteiger partial charge is 0.253 e. The first-order valence-electron chi connectivity index (χ1n) is 10.9. The van der Waals surface area contributed by atoms with Crippen LogP contribution in [0.4, 0.5) is 10.1 Å². The molecule has 0 aliphatic carbocycles. The monoisotopic (exact) mass is 428 g/mol. The maximum atomic E-state index is 13.2. The highest BCUT2D eigenvalue weighted by atomic mass is 19.1. The highest BCUT2D eigenvalue weighted by molar-refractivity contribution is 5.94. The summed E-state index contributed by atoms with van der Waals surface area (Å²) >= 11 is 0. The Balaban J connectivity index is 1.25. The number of carbonyl (C=O) groups is 1. The van der Waals surface area contributed by atoms with Gasteiger partial charge in [-0.3, -0.25) is 9.36 Å². The molecule has 2 heterocycles. The van der Waals surface area contributed by atoms with Gasteiger partial charge in [-0.1, -0.05) is 12.1 Å². The van der Waals surface area contributed by atoms with Crippen molar-refractivity contribution in [3.8, 4) is 5.69 Å². The van der Waals surface area contributed by atoms with Gasteiger partial charge in [0, 0.05) is 43.1 Å². The summed E-state index contributed by atoms with van der Waals surface area (Å²) in [5.74, 6) is -0.187. The summed E-state index contributed by atoms with van der Waals surface area (Å²) in [4.78, 5) is 21.6. The molecule has 162 valence electrons. The fourth-order valence-corrected chi connectivity index (χ4v) is 4.46. The van der Waals surface area contributed by atoms with Gasteiger partial charge in [0.15, 0.2) is 0 Å². The van der Waals surface area contributed by atoms with Crippen LogP contribution in [0.2, 0.25) is 0 Å². The number of piperidine rings is 1. The van der Waals surface area contributed by atoms with E-state index in [2.05, 4.69) is 9.88 Å². The standard InChI is InChI=1S/C26H25FN4O/c1-29(21-14-16-30(17-15-21)22-12-8-20(27)9-13-22)26(32)19-6-10-23(11-7-19)31-18-28-24-4-2-3-5-25(24)31/h2-13,18,21H,14-17H2,1H3. The van der Waals surface area contributed by atoms with Gasteiger partial charge in [-0.2, -0.15) is 0 Å². The van der Waals surface area contributed by atoms with Crippen molar-refractivity contribution in [1.82, 2.24) is 14.5 Å². The number of anilines is 1. The van der Waals surface area contributed by atoms with Gasteiger partial charge in [0.2, 0.25) is 0 Å². The third-order valence-corrected chi connectivity index (χ3v) is 6.37. The zero-order valence-electron chi connectivity index (χ0n) is 18.0. The maximum Gasteiger partial charge on any atom is 0.253 e. The lowest BCUT2D eigenvalue weighted by Gasteiger charge is -2.38. The molecule has 6 heteroatoms. The van der Waals surface area contributed by atoms with Crippen molar-refractivity contribution in [2.45, 2.75) is 18.9 Å². The average molecular weight is 429 g/mol. The van der Waals surface area contributed by atoms with Gasteiger partial charge in [0.1, 0.15) is 12.1 Å². The summed E-state index contributed by atoms with van der Waals surface area (Å²) in [6.07, 6.45) is 3.58. The Morgan fingerprint density at radius 1 is 0.938 bits per heavy atom. The minimum Gasteiger partial charge on any atom is -0.371 e. The first-order valence-corrected chi connectivity index (χ1v) is 10.9. The molecule has 1 amide bonds. The lowest BCUT2D eigenvalue weighted by atomic mass is 10.0. The van der Waals surface area contributed by atoms with Crippen LogP contribution in [0.1, 0.15) is 23.2 Å². The largest absolute Gasteiger partial charge is 0.371 e. The van der Waals surface area contributed by atoms with Crippen LogP contribution in [0.5, 0.6) is 0 Å². The molecule has 1 fully saturated rings. The second-order valence-electron chi connectivity index (χ2n) is 8.26. The maximum absolute atomic E-state index is 13.2. The second-order valence-corrected chi connectivity index (χ2v) is 8.26. The third-order valence-electron chi connectivity index (χ3n) is 6.37. The molecule has 0 saturated carbocycles. The van der Waals surface area contributed by atoms with E-state index in [4.69, 9.17) is 0 Å². The summed E-state index contributed by atoms with van der Waals surface area (Å²) in [6.45, 7) is 1.70. The van der Waals surface area contributed by atoms with Gasteiger partial charge < -0.3 is 9.80 Å². The van der Waals surface area contributed by atoms with Crippen LogP contribution in [0.3, 0.4) is 0 Å². The molecule has 1 saturated heterocycles. The molecule has 5 nitrogen and oxygen atoms in total. The van der Waals surface area contributed by atoms with Crippen molar-refractivity contribution in [2.75, 3.05) is 25.0 Å². The minimum absolute atomic E-state index is 0.0345. The average Bonchev–Trinajstić information content (AvgIpc) is 3.28. The lowest BCUT2D eigenvalue weighted by Crippen LogP contribution is -2.45. The van der Waals surface area contributed by atoms with E-state index >= 15 is 0 Å². The van der Waals surface area contributed by atoms with Crippen molar-refractivity contribution in [1.29, 1.82) is 0 Å². The van der Waals surface area contributed by atoms with E-state index in [0.717, 1.165) is 48.3 Å². The number of carbonyl (C=O) groups excluding carboxylic acids is 1. The number of rotatable bonds is 4.